The van der Waals surface area contributed by atoms with Gasteiger partial charge < -0.3 is 10.5 Å². The fourth-order valence-electron chi connectivity index (χ4n) is 1.49. The van der Waals surface area contributed by atoms with Crippen molar-refractivity contribution in [2.75, 3.05) is 12.3 Å². The molecule has 3 heterocycles. The van der Waals surface area contributed by atoms with Crippen LogP contribution in [0.25, 0.3) is 0 Å². The van der Waals surface area contributed by atoms with E-state index >= 15 is 0 Å². The zero-order valence-corrected chi connectivity index (χ0v) is 11.0. The van der Waals surface area contributed by atoms with Crippen molar-refractivity contribution in [3.63, 3.8) is 0 Å². The van der Waals surface area contributed by atoms with Crippen LogP contribution in [-0.4, -0.2) is 22.3 Å². The van der Waals surface area contributed by atoms with E-state index in [1.807, 2.05) is 12.1 Å². The lowest BCUT2D eigenvalue weighted by molar-refractivity contribution is 0.357. The van der Waals surface area contributed by atoms with Crippen molar-refractivity contribution in [1.29, 1.82) is 0 Å². The van der Waals surface area contributed by atoms with Crippen LogP contribution in [0.4, 0.5) is 11.5 Å². The van der Waals surface area contributed by atoms with Crippen molar-refractivity contribution in [2.24, 2.45) is 4.99 Å². The van der Waals surface area contributed by atoms with Crippen molar-refractivity contribution in [2.45, 2.75) is 0 Å². The van der Waals surface area contributed by atoms with Crippen LogP contribution in [0.3, 0.4) is 0 Å². The molecule has 0 radical (unpaired) electrons. The summed E-state index contributed by atoms with van der Waals surface area (Å²) in [4.78, 5) is 13.4. The van der Waals surface area contributed by atoms with E-state index in [9.17, 15) is 0 Å². The minimum atomic E-state index is 0.336. The summed E-state index contributed by atoms with van der Waals surface area (Å²) in [7, 11) is 0. The number of nitrogen functional groups attached to an aromatic ring is 1. The molecule has 7 heteroatoms. The third-order valence-electron chi connectivity index (χ3n) is 2.27. The third-order valence-corrected chi connectivity index (χ3v) is 3.94. The fourth-order valence-corrected chi connectivity index (χ4v) is 2.85. The Labute approximate surface area is 110 Å². The fraction of sp³-hybridized carbons (Fsp3) is 0.100. The molecule has 2 aromatic heterocycles. The number of nitrogens with zero attached hydrogens (tertiary/aromatic N) is 3. The molecular formula is C10H7BrN4OS. The quantitative estimate of drug-likeness (QED) is 0.877. The summed E-state index contributed by atoms with van der Waals surface area (Å²) in [5, 5.41) is 0. The second kappa shape index (κ2) is 4.08. The Morgan fingerprint density at radius 1 is 1.35 bits per heavy atom. The molecule has 1 aliphatic heterocycles. The van der Waals surface area contributed by atoms with Gasteiger partial charge in [-0.1, -0.05) is 0 Å². The summed E-state index contributed by atoms with van der Waals surface area (Å²) in [6.07, 6.45) is 1.37. The van der Waals surface area contributed by atoms with E-state index in [1.165, 1.54) is 6.33 Å². The van der Waals surface area contributed by atoms with Crippen LogP contribution < -0.4 is 10.5 Å². The zero-order valence-electron chi connectivity index (χ0n) is 8.55. The predicted molar refractivity (Wildman–Crippen MR) is 70.2 cm³/mol. The number of rotatable bonds is 1. The van der Waals surface area contributed by atoms with Crippen LogP contribution >= 0.6 is 27.3 Å². The largest absolute Gasteiger partial charge is 0.469 e. The highest BCUT2D eigenvalue weighted by atomic mass is 79.9. The number of anilines is 1. The number of hydrogen-bond acceptors (Lipinski definition) is 6. The van der Waals surface area contributed by atoms with Gasteiger partial charge in [-0.2, -0.15) is 4.98 Å². The van der Waals surface area contributed by atoms with Crippen molar-refractivity contribution in [1.82, 2.24) is 9.97 Å². The molecule has 2 aromatic rings. The molecule has 1 aliphatic rings. The standard InChI is InChI=1S/C10H7BrN4OS/c11-7-2-1-6(17-7)5-3-16-10-8(15-5)9(12)13-4-14-10/h1-2,4H,3H2,(H2,12,13,14). The molecule has 3 rings (SSSR count). The lowest BCUT2D eigenvalue weighted by atomic mass is 10.3. The van der Waals surface area contributed by atoms with Gasteiger partial charge in [-0.25, -0.2) is 9.98 Å². The first-order valence-corrected chi connectivity index (χ1v) is 6.41. The van der Waals surface area contributed by atoms with Crippen LogP contribution in [0.5, 0.6) is 5.88 Å². The molecule has 0 spiro atoms. The van der Waals surface area contributed by atoms with E-state index in [0.29, 0.717) is 24.0 Å². The first kappa shape index (κ1) is 10.7. The Kier molecular flexibility index (Phi) is 2.56. The average molecular weight is 311 g/mol. The molecule has 0 aliphatic carbocycles. The summed E-state index contributed by atoms with van der Waals surface area (Å²) in [5.74, 6) is 0.777. The van der Waals surface area contributed by atoms with E-state index in [4.69, 9.17) is 10.5 Å². The molecule has 0 fully saturated rings. The number of aromatic nitrogens is 2. The number of fused-ring (bicyclic) bond motifs is 1. The molecule has 0 atom stereocenters. The van der Waals surface area contributed by atoms with Crippen molar-refractivity contribution in [3.8, 4) is 5.88 Å². The van der Waals surface area contributed by atoms with Gasteiger partial charge in [-0.05, 0) is 28.1 Å². The molecule has 0 bridgehead atoms. The Morgan fingerprint density at radius 2 is 2.24 bits per heavy atom. The molecule has 17 heavy (non-hydrogen) atoms. The summed E-state index contributed by atoms with van der Waals surface area (Å²) in [5.41, 5.74) is 7.10. The predicted octanol–water partition coefficient (Wildman–Crippen LogP) is 2.40. The SMILES string of the molecule is Nc1ncnc2c1N=C(c1ccc(Br)s1)CO2. The van der Waals surface area contributed by atoms with Gasteiger partial charge in [-0.15, -0.1) is 11.3 Å². The summed E-state index contributed by atoms with van der Waals surface area (Å²) in [6, 6.07) is 3.96. The highest BCUT2D eigenvalue weighted by Crippen LogP contribution is 2.34. The van der Waals surface area contributed by atoms with Gasteiger partial charge in [0.15, 0.2) is 11.5 Å². The third kappa shape index (κ3) is 1.91. The van der Waals surface area contributed by atoms with Crippen LogP contribution in [-0.2, 0) is 0 Å². The van der Waals surface area contributed by atoms with Gasteiger partial charge in [-0.3, -0.25) is 0 Å². The Hall–Kier alpha value is -1.47. The number of ether oxygens (including phenoxy) is 1. The van der Waals surface area contributed by atoms with Crippen molar-refractivity contribution < 1.29 is 4.74 Å². The maximum atomic E-state index is 5.74. The van der Waals surface area contributed by atoms with Crippen LogP contribution in [0.15, 0.2) is 27.2 Å². The smallest absolute Gasteiger partial charge is 0.245 e. The van der Waals surface area contributed by atoms with Gasteiger partial charge in [0.1, 0.15) is 12.9 Å². The highest BCUT2D eigenvalue weighted by Gasteiger charge is 2.19. The Balaban J connectivity index is 2.08. The van der Waals surface area contributed by atoms with E-state index in [1.54, 1.807) is 11.3 Å². The van der Waals surface area contributed by atoms with Gasteiger partial charge in [0.05, 0.1) is 14.4 Å². The lowest BCUT2D eigenvalue weighted by Gasteiger charge is -2.15. The highest BCUT2D eigenvalue weighted by molar-refractivity contribution is 9.11. The minimum absolute atomic E-state index is 0.336. The molecule has 0 saturated heterocycles. The molecule has 0 saturated carbocycles. The van der Waals surface area contributed by atoms with Gasteiger partial charge in [0.25, 0.3) is 0 Å². The number of halogens is 1. The molecule has 5 nitrogen and oxygen atoms in total. The van der Waals surface area contributed by atoms with E-state index in [-0.39, 0.29) is 0 Å². The maximum absolute atomic E-state index is 5.74. The Bertz CT molecular complexity index is 610. The number of aliphatic imine (C=N–C) groups is 1. The first-order chi connectivity index (χ1) is 8.24. The summed E-state index contributed by atoms with van der Waals surface area (Å²) >= 11 is 5.02. The maximum Gasteiger partial charge on any atom is 0.245 e. The monoisotopic (exact) mass is 310 g/mol. The molecule has 2 N–H and O–H groups in total. The zero-order chi connectivity index (χ0) is 11.8. The normalized spacial score (nSPS) is 13.8. The second-order valence-electron chi connectivity index (χ2n) is 3.36. The molecule has 0 amide bonds. The van der Waals surface area contributed by atoms with Crippen LogP contribution in [0, 0.1) is 0 Å². The summed E-state index contributed by atoms with van der Waals surface area (Å²) < 4.78 is 6.56. The number of thiophene rings is 1. The lowest BCUT2D eigenvalue weighted by Crippen LogP contribution is -2.16. The number of nitrogens with two attached hydrogens (primary N) is 1. The second-order valence-corrected chi connectivity index (χ2v) is 5.83. The molecule has 0 aromatic carbocycles. The van der Waals surface area contributed by atoms with Crippen LogP contribution in [0.2, 0.25) is 0 Å². The average Bonchev–Trinajstić information content (AvgIpc) is 2.76. The minimum Gasteiger partial charge on any atom is -0.469 e. The van der Waals surface area contributed by atoms with Gasteiger partial charge in [0.2, 0.25) is 5.88 Å². The van der Waals surface area contributed by atoms with Crippen molar-refractivity contribution >= 4 is 44.5 Å². The van der Waals surface area contributed by atoms with E-state index in [0.717, 1.165) is 14.4 Å². The van der Waals surface area contributed by atoms with E-state index < -0.39 is 0 Å². The molecule has 0 unspecified atom stereocenters. The topological polar surface area (TPSA) is 73.4 Å². The summed E-state index contributed by atoms with van der Waals surface area (Å²) in [6.45, 7) is 0.399. The molecular weight excluding hydrogens is 304 g/mol. The van der Waals surface area contributed by atoms with Gasteiger partial charge in [0, 0.05) is 0 Å². The first-order valence-electron chi connectivity index (χ1n) is 4.80. The number of hydrogen-bond donors (Lipinski definition) is 1. The molecule has 86 valence electrons. The van der Waals surface area contributed by atoms with Gasteiger partial charge >= 0.3 is 0 Å². The Morgan fingerprint density at radius 3 is 3.00 bits per heavy atom. The van der Waals surface area contributed by atoms with Crippen LogP contribution in [0.1, 0.15) is 4.88 Å². The van der Waals surface area contributed by atoms with E-state index in [2.05, 4.69) is 30.9 Å². The van der Waals surface area contributed by atoms with Crippen molar-refractivity contribution in [3.05, 3.63) is 27.1 Å².